The third kappa shape index (κ3) is 4.38. The van der Waals surface area contributed by atoms with E-state index < -0.39 is 11.6 Å². The molecule has 0 fully saturated rings. The van der Waals surface area contributed by atoms with Crippen molar-refractivity contribution in [3.8, 4) is 5.75 Å². The smallest absolute Gasteiger partial charge is 0.252 e. The molecular formula is C16H20N4O3. The minimum absolute atomic E-state index is 0.0898. The van der Waals surface area contributed by atoms with E-state index in [-0.39, 0.29) is 5.78 Å². The lowest BCUT2D eigenvalue weighted by Crippen LogP contribution is -2.34. The maximum atomic E-state index is 12.6. The molecule has 0 amide bonds. The third-order valence-corrected chi connectivity index (χ3v) is 3.08. The maximum absolute atomic E-state index is 12.6. The first kappa shape index (κ1) is 16.7. The Labute approximate surface area is 134 Å². The van der Waals surface area contributed by atoms with Crippen LogP contribution in [0.4, 0.5) is 0 Å². The summed E-state index contributed by atoms with van der Waals surface area (Å²) >= 11 is 0. The van der Waals surface area contributed by atoms with E-state index in [0.29, 0.717) is 5.75 Å². The summed E-state index contributed by atoms with van der Waals surface area (Å²) in [6, 6.07) is 7.16. The van der Waals surface area contributed by atoms with Crippen LogP contribution in [0, 0.1) is 5.41 Å². The normalized spacial score (nSPS) is 13.0. The van der Waals surface area contributed by atoms with Crippen LogP contribution in [-0.4, -0.2) is 33.9 Å². The SMILES string of the molecule is CON=Cc1ccc(OC(C(=O)C(C)(C)C)n2cncn2)cc1. The fourth-order valence-corrected chi connectivity index (χ4v) is 1.81. The fourth-order valence-electron chi connectivity index (χ4n) is 1.81. The molecule has 0 spiro atoms. The first-order valence-corrected chi connectivity index (χ1v) is 7.13. The summed E-state index contributed by atoms with van der Waals surface area (Å²) < 4.78 is 7.25. The van der Waals surface area contributed by atoms with Crippen LogP contribution in [0.15, 0.2) is 42.1 Å². The van der Waals surface area contributed by atoms with Crippen LogP contribution in [0.2, 0.25) is 0 Å². The molecule has 1 atom stereocenters. The average molecular weight is 316 g/mol. The van der Waals surface area contributed by atoms with Gasteiger partial charge in [0.15, 0.2) is 0 Å². The molecule has 2 rings (SSSR count). The molecule has 122 valence electrons. The van der Waals surface area contributed by atoms with Gasteiger partial charge in [-0.05, 0) is 29.8 Å². The Morgan fingerprint density at radius 1 is 1.30 bits per heavy atom. The predicted octanol–water partition coefficient (Wildman–Crippen LogP) is 2.45. The van der Waals surface area contributed by atoms with E-state index in [9.17, 15) is 4.79 Å². The number of oxime groups is 1. The Bertz CT molecular complexity index is 658. The van der Waals surface area contributed by atoms with Gasteiger partial charge in [0.1, 0.15) is 25.5 Å². The van der Waals surface area contributed by atoms with Gasteiger partial charge < -0.3 is 9.57 Å². The Morgan fingerprint density at radius 2 is 2.00 bits per heavy atom. The van der Waals surface area contributed by atoms with Crippen LogP contribution in [0.3, 0.4) is 0 Å². The highest BCUT2D eigenvalue weighted by Gasteiger charge is 2.33. The zero-order valence-corrected chi connectivity index (χ0v) is 13.6. The van der Waals surface area contributed by atoms with Crippen molar-refractivity contribution in [3.63, 3.8) is 0 Å². The summed E-state index contributed by atoms with van der Waals surface area (Å²) in [5.41, 5.74) is 0.292. The molecule has 0 aliphatic heterocycles. The molecule has 7 nitrogen and oxygen atoms in total. The molecule has 0 N–H and O–H groups in total. The number of hydrogen-bond acceptors (Lipinski definition) is 6. The molecular weight excluding hydrogens is 296 g/mol. The summed E-state index contributed by atoms with van der Waals surface area (Å²) in [6.45, 7) is 5.52. The van der Waals surface area contributed by atoms with Crippen molar-refractivity contribution >= 4 is 12.0 Å². The molecule has 0 saturated heterocycles. The lowest BCUT2D eigenvalue weighted by atomic mass is 9.90. The number of hydrogen-bond donors (Lipinski definition) is 0. The lowest BCUT2D eigenvalue weighted by molar-refractivity contribution is -0.138. The molecule has 1 heterocycles. The monoisotopic (exact) mass is 316 g/mol. The minimum Gasteiger partial charge on any atom is -0.461 e. The minimum atomic E-state index is -0.865. The van der Waals surface area contributed by atoms with Crippen molar-refractivity contribution in [1.82, 2.24) is 14.8 Å². The van der Waals surface area contributed by atoms with Gasteiger partial charge in [0.25, 0.3) is 6.23 Å². The predicted molar refractivity (Wildman–Crippen MR) is 85.2 cm³/mol. The van der Waals surface area contributed by atoms with Crippen LogP contribution in [-0.2, 0) is 9.63 Å². The van der Waals surface area contributed by atoms with Crippen molar-refractivity contribution in [2.24, 2.45) is 10.6 Å². The van der Waals surface area contributed by atoms with Crippen LogP contribution < -0.4 is 4.74 Å². The molecule has 0 aliphatic rings. The number of carbonyl (C=O) groups excluding carboxylic acids is 1. The quantitative estimate of drug-likeness (QED) is 0.604. The van der Waals surface area contributed by atoms with Crippen LogP contribution in [0.25, 0.3) is 0 Å². The number of benzene rings is 1. The van der Waals surface area contributed by atoms with Crippen LogP contribution >= 0.6 is 0 Å². The van der Waals surface area contributed by atoms with E-state index in [4.69, 9.17) is 4.74 Å². The van der Waals surface area contributed by atoms with Crippen LogP contribution in [0.1, 0.15) is 32.6 Å². The number of carbonyl (C=O) groups is 1. The molecule has 0 aliphatic carbocycles. The summed E-state index contributed by atoms with van der Waals surface area (Å²) in [5.74, 6) is 0.464. The van der Waals surface area contributed by atoms with Gasteiger partial charge in [-0.25, -0.2) is 9.67 Å². The average Bonchev–Trinajstić information content (AvgIpc) is 3.04. The van der Waals surface area contributed by atoms with E-state index in [0.717, 1.165) is 5.56 Å². The molecule has 1 aromatic carbocycles. The van der Waals surface area contributed by atoms with Gasteiger partial charge >= 0.3 is 0 Å². The maximum Gasteiger partial charge on any atom is 0.252 e. The Morgan fingerprint density at radius 3 is 2.52 bits per heavy atom. The van der Waals surface area contributed by atoms with Gasteiger partial charge in [0.05, 0.1) is 6.21 Å². The highest BCUT2D eigenvalue weighted by Crippen LogP contribution is 2.26. The Kier molecular flexibility index (Phi) is 5.10. The molecule has 23 heavy (non-hydrogen) atoms. The van der Waals surface area contributed by atoms with E-state index in [2.05, 4.69) is 20.1 Å². The number of aromatic nitrogens is 3. The molecule has 1 aromatic heterocycles. The summed E-state index contributed by atoms with van der Waals surface area (Å²) in [6.07, 6.45) is 3.56. The van der Waals surface area contributed by atoms with E-state index >= 15 is 0 Å². The van der Waals surface area contributed by atoms with E-state index in [1.165, 1.54) is 24.4 Å². The molecule has 0 saturated carbocycles. The zero-order chi connectivity index (χ0) is 16.9. The van der Waals surface area contributed by atoms with Crippen molar-refractivity contribution in [2.45, 2.75) is 27.0 Å². The van der Waals surface area contributed by atoms with Gasteiger partial charge in [-0.15, -0.1) is 0 Å². The fraction of sp³-hybridized carbons (Fsp3) is 0.375. The summed E-state index contributed by atoms with van der Waals surface area (Å²) in [7, 11) is 1.48. The van der Waals surface area contributed by atoms with Gasteiger partial charge in [0, 0.05) is 5.41 Å². The number of ether oxygens (including phenoxy) is 1. The number of rotatable bonds is 6. The number of Topliss-reactive ketones (excluding diaryl/α,β-unsaturated/α-hetero) is 1. The Hall–Kier alpha value is -2.70. The molecule has 1 unspecified atom stereocenters. The number of ketones is 1. The first-order valence-electron chi connectivity index (χ1n) is 7.13. The standard InChI is InChI=1S/C16H20N4O3/c1-16(2,3)14(21)15(20-11-17-10-18-20)23-13-7-5-12(6-8-13)9-19-22-4/h5-11,15H,1-4H3. The largest absolute Gasteiger partial charge is 0.461 e. The van der Waals surface area contributed by atoms with E-state index in [1.54, 1.807) is 18.3 Å². The Balaban J connectivity index is 2.21. The third-order valence-electron chi connectivity index (χ3n) is 3.08. The van der Waals surface area contributed by atoms with Gasteiger partial charge in [-0.1, -0.05) is 25.9 Å². The van der Waals surface area contributed by atoms with Gasteiger partial charge in [0.2, 0.25) is 5.78 Å². The van der Waals surface area contributed by atoms with Crippen molar-refractivity contribution in [1.29, 1.82) is 0 Å². The first-order chi connectivity index (χ1) is 10.9. The topological polar surface area (TPSA) is 78.6 Å². The second-order valence-electron chi connectivity index (χ2n) is 5.95. The highest BCUT2D eigenvalue weighted by molar-refractivity contribution is 5.86. The van der Waals surface area contributed by atoms with Crippen molar-refractivity contribution < 1.29 is 14.4 Å². The highest BCUT2D eigenvalue weighted by atomic mass is 16.6. The summed E-state index contributed by atoms with van der Waals surface area (Å²) in [5, 5.41) is 7.72. The lowest BCUT2D eigenvalue weighted by Gasteiger charge is -2.25. The second kappa shape index (κ2) is 7.04. The van der Waals surface area contributed by atoms with Gasteiger partial charge in [-0.2, -0.15) is 5.10 Å². The summed E-state index contributed by atoms with van der Waals surface area (Å²) in [4.78, 5) is 21.1. The number of nitrogens with zero attached hydrogens (tertiary/aromatic N) is 4. The molecule has 0 radical (unpaired) electrons. The molecule has 7 heteroatoms. The zero-order valence-electron chi connectivity index (χ0n) is 13.6. The van der Waals surface area contributed by atoms with Crippen LogP contribution in [0.5, 0.6) is 5.75 Å². The van der Waals surface area contributed by atoms with Crippen molar-refractivity contribution in [3.05, 3.63) is 42.5 Å². The molecule has 0 bridgehead atoms. The second-order valence-corrected chi connectivity index (χ2v) is 5.95. The molecule has 2 aromatic rings. The van der Waals surface area contributed by atoms with Crippen molar-refractivity contribution in [2.75, 3.05) is 7.11 Å². The van der Waals surface area contributed by atoms with Gasteiger partial charge in [-0.3, -0.25) is 4.79 Å². The van der Waals surface area contributed by atoms with E-state index in [1.807, 2.05) is 32.9 Å².